The Hall–Kier alpha value is -1.29. The average Bonchev–Trinajstić information content (AvgIpc) is 2.30. The third-order valence-corrected chi connectivity index (χ3v) is 1.36. The predicted molar refractivity (Wildman–Crippen MR) is 43.0 cm³/mol. The summed E-state index contributed by atoms with van der Waals surface area (Å²) in [5.74, 6) is -0.100. The van der Waals surface area contributed by atoms with Gasteiger partial charge in [0.05, 0.1) is 5.57 Å². The van der Waals surface area contributed by atoms with E-state index in [1.807, 2.05) is 0 Å². The fourth-order valence-electron chi connectivity index (χ4n) is 0.759. The van der Waals surface area contributed by atoms with E-state index in [0.717, 1.165) is 0 Å². The molecule has 0 spiro atoms. The van der Waals surface area contributed by atoms with Gasteiger partial charge in [-0.15, -0.1) is 0 Å². The van der Waals surface area contributed by atoms with Crippen molar-refractivity contribution in [3.63, 3.8) is 0 Å². The van der Waals surface area contributed by atoms with Gasteiger partial charge in [-0.25, -0.2) is 0 Å². The van der Waals surface area contributed by atoms with Gasteiger partial charge in [0, 0.05) is 14.1 Å². The van der Waals surface area contributed by atoms with Crippen molar-refractivity contribution in [3.05, 3.63) is 24.0 Å². The number of amides is 1. The first kappa shape index (κ1) is 8.80. The summed E-state index contributed by atoms with van der Waals surface area (Å²) in [6, 6.07) is 0. The minimum atomic E-state index is -0.100. The maximum Gasteiger partial charge on any atom is 0.256 e. The molecular formula is C8H11NO3. The fourth-order valence-corrected chi connectivity index (χ4v) is 0.759. The smallest absolute Gasteiger partial charge is 0.256 e. The number of hydrogen-bond donors (Lipinski definition) is 0. The summed E-state index contributed by atoms with van der Waals surface area (Å²) in [4.78, 5) is 22.0. The number of carbonyl (C=O) groups is 1. The van der Waals surface area contributed by atoms with E-state index in [0.29, 0.717) is 12.2 Å². The van der Waals surface area contributed by atoms with Crippen LogP contribution in [0.3, 0.4) is 0 Å². The number of rotatable bonds is 1. The third kappa shape index (κ3) is 2.10. The van der Waals surface area contributed by atoms with Crippen LogP contribution in [0, 0.1) is 0 Å². The Labute approximate surface area is 71.0 Å². The van der Waals surface area contributed by atoms with Crippen LogP contribution in [-0.4, -0.2) is 31.5 Å². The van der Waals surface area contributed by atoms with Gasteiger partial charge in [0.1, 0.15) is 12.9 Å². The van der Waals surface area contributed by atoms with Crippen molar-refractivity contribution < 1.29 is 14.6 Å². The molecule has 0 unspecified atom stereocenters. The molecule has 4 heteroatoms. The zero-order valence-electron chi connectivity index (χ0n) is 7.11. The van der Waals surface area contributed by atoms with E-state index >= 15 is 0 Å². The number of hydrogen-bond acceptors (Lipinski definition) is 3. The standard InChI is InChI=1S/C8H11NO3/c1-9(2)8(10)7-4-3-5-11-12-6-7/h3-4,6H,5H2,1-2H3. The van der Waals surface area contributed by atoms with Crippen LogP contribution < -0.4 is 0 Å². The summed E-state index contributed by atoms with van der Waals surface area (Å²) in [7, 11) is 3.37. The van der Waals surface area contributed by atoms with Crippen LogP contribution in [0.15, 0.2) is 24.0 Å². The number of likely N-dealkylation sites (N-methyl/N-ethyl adjacent to an activating group) is 1. The van der Waals surface area contributed by atoms with Gasteiger partial charge < -0.3 is 9.79 Å². The molecule has 0 aromatic carbocycles. The van der Waals surface area contributed by atoms with E-state index in [1.54, 1.807) is 26.2 Å². The van der Waals surface area contributed by atoms with Crippen molar-refractivity contribution in [1.29, 1.82) is 0 Å². The summed E-state index contributed by atoms with van der Waals surface area (Å²) in [5, 5.41) is 0. The molecule has 4 nitrogen and oxygen atoms in total. The lowest BCUT2D eigenvalue weighted by Crippen LogP contribution is -2.22. The maximum absolute atomic E-state index is 11.3. The van der Waals surface area contributed by atoms with E-state index in [-0.39, 0.29) is 5.91 Å². The zero-order valence-corrected chi connectivity index (χ0v) is 7.11. The SMILES string of the molecule is CN(C)C(=O)C1=COOCC=C1. The molecule has 0 saturated heterocycles. The van der Waals surface area contributed by atoms with E-state index in [4.69, 9.17) is 0 Å². The van der Waals surface area contributed by atoms with Gasteiger partial charge in [-0.05, 0) is 6.08 Å². The molecule has 0 aromatic heterocycles. The molecule has 0 bridgehead atoms. The highest BCUT2D eigenvalue weighted by molar-refractivity contribution is 5.95. The van der Waals surface area contributed by atoms with Gasteiger partial charge >= 0.3 is 0 Å². The second-order valence-corrected chi connectivity index (χ2v) is 2.56. The second-order valence-electron chi connectivity index (χ2n) is 2.56. The average molecular weight is 169 g/mol. The lowest BCUT2D eigenvalue weighted by Gasteiger charge is -2.09. The molecule has 12 heavy (non-hydrogen) atoms. The Morgan fingerprint density at radius 2 is 2.33 bits per heavy atom. The van der Waals surface area contributed by atoms with Gasteiger partial charge in [-0.3, -0.25) is 4.79 Å². The minimum absolute atomic E-state index is 0.100. The highest BCUT2D eigenvalue weighted by atomic mass is 17.2. The first-order chi connectivity index (χ1) is 5.72. The molecule has 0 atom stereocenters. The highest BCUT2D eigenvalue weighted by Gasteiger charge is 2.10. The molecule has 66 valence electrons. The largest absolute Gasteiger partial charge is 0.345 e. The van der Waals surface area contributed by atoms with Crippen LogP contribution >= 0.6 is 0 Å². The van der Waals surface area contributed by atoms with Crippen LogP contribution in [0.2, 0.25) is 0 Å². The van der Waals surface area contributed by atoms with Crippen molar-refractivity contribution >= 4 is 5.91 Å². The highest BCUT2D eigenvalue weighted by Crippen LogP contribution is 2.05. The van der Waals surface area contributed by atoms with Gasteiger partial charge in [-0.1, -0.05) is 6.08 Å². The van der Waals surface area contributed by atoms with Crippen LogP contribution in [-0.2, 0) is 14.6 Å². The van der Waals surface area contributed by atoms with Gasteiger partial charge in [-0.2, -0.15) is 4.89 Å². The molecule has 0 aliphatic carbocycles. The minimum Gasteiger partial charge on any atom is -0.345 e. The van der Waals surface area contributed by atoms with Gasteiger partial charge in [0.25, 0.3) is 5.91 Å². The monoisotopic (exact) mass is 169 g/mol. The van der Waals surface area contributed by atoms with Crippen molar-refractivity contribution in [2.24, 2.45) is 0 Å². The lowest BCUT2D eigenvalue weighted by atomic mass is 10.2. The van der Waals surface area contributed by atoms with Gasteiger partial charge in [0.2, 0.25) is 0 Å². The zero-order chi connectivity index (χ0) is 8.97. The molecule has 0 aromatic rings. The Kier molecular flexibility index (Phi) is 2.88. The molecule has 1 aliphatic heterocycles. The van der Waals surface area contributed by atoms with Crippen molar-refractivity contribution in [2.45, 2.75) is 0 Å². The van der Waals surface area contributed by atoms with E-state index < -0.39 is 0 Å². The molecule has 0 N–H and O–H groups in total. The maximum atomic E-state index is 11.3. The summed E-state index contributed by atoms with van der Waals surface area (Å²) in [6.07, 6.45) is 4.70. The molecule has 1 heterocycles. The molecule has 0 fully saturated rings. The van der Waals surface area contributed by atoms with Crippen LogP contribution in [0.1, 0.15) is 0 Å². The summed E-state index contributed by atoms with van der Waals surface area (Å²) >= 11 is 0. The molecule has 1 rings (SSSR count). The fraction of sp³-hybridized carbons (Fsp3) is 0.375. The van der Waals surface area contributed by atoms with Gasteiger partial charge in [0.15, 0.2) is 0 Å². The van der Waals surface area contributed by atoms with Crippen molar-refractivity contribution in [2.75, 3.05) is 20.7 Å². The summed E-state index contributed by atoms with van der Waals surface area (Å²) in [6.45, 7) is 0.362. The molecule has 0 saturated carbocycles. The topological polar surface area (TPSA) is 38.8 Å². The summed E-state index contributed by atoms with van der Waals surface area (Å²) < 4.78 is 0. The predicted octanol–water partition coefficient (Wildman–Crippen LogP) is 0.476. The Balaban J connectivity index is 2.71. The Morgan fingerprint density at radius 3 is 3.00 bits per heavy atom. The number of nitrogens with zero attached hydrogens (tertiary/aromatic N) is 1. The molecule has 0 radical (unpaired) electrons. The van der Waals surface area contributed by atoms with Crippen LogP contribution in [0.25, 0.3) is 0 Å². The molecular weight excluding hydrogens is 158 g/mol. The van der Waals surface area contributed by atoms with Crippen LogP contribution in [0.5, 0.6) is 0 Å². The van der Waals surface area contributed by atoms with E-state index in [2.05, 4.69) is 9.78 Å². The Bertz CT molecular complexity index is 230. The van der Waals surface area contributed by atoms with Crippen LogP contribution in [0.4, 0.5) is 0 Å². The first-order valence-corrected chi connectivity index (χ1v) is 3.58. The third-order valence-electron chi connectivity index (χ3n) is 1.36. The first-order valence-electron chi connectivity index (χ1n) is 3.58. The quantitative estimate of drug-likeness (QED) is 0.536. The van der Waals surface area contributed by atoms with E-state index in [1.165, 1.54) is 11.2 Å². The molecule has 1 aliphatic rings. The lowest BCUT2D eigenvalue weighted by molar-refractivity contribution is -0.238. The Morgan fingerprint density at radius 1 is 1.58 bits per heavy atom. The molecule has 1 amide bonds. The van der Waals surface area contributed by atoms with E-state index in [9.17, 15) is 4.79 Å². The second kappa shape index (κ2) is 3.92. The van der Waals surface area contributed by atoms with Crippen molar-refractivity contribution in [1.82, 2.24) is 4.90 Å². The normalized spacial score (nSPS) is 16.0. The number of carbonyl (C=O) groups excluding carboxylic acids is 1. The summed E-state index contributed by atoms with van der Waals surface area (Å²) in [5.41, 5.74) is 0.484. The van der Waals surface area contributed by atoms with Crippen molar-refractivity contribution in [3.8, 4) is 0 Å².